The Morgan fingerprint density at radius 3 is 2.00 bits per heavy atom. The molecule has 0 aromatic rings. The summed E-state index contributed by atoms with van der Waals surface area (Å²) in [6.45, 7) is 3.93. The van der Waals surface area contributed by atoms with E-state index in [0.717, 1.165) is 0 Å². The maximum Gasteiger partial charge on any atom is 0.502 e. The molecule has 1 aliphatic heterocycles. The molecule has 0 bridgehead atoms. The third kappa shape index (κ3) is 3.23. The van der Waals surface area contributed by atoms with Gasteiger partial charge < -0.3 is 22.8 Å². The molecule has 1 heterocycles. The van der Waals surface area contributed by atoms with Crippen LogP contribution in [0.2, 0.25) is 6.04 Å². The Labute approximate surface area is 92.0 Å². The maximum atomic E-state index is 5.70. The van der Waals surface area contributed by atoms with Gasteiger partial charge in [0.15, 0.2) is 0 Å². The summed E-state index contributed by atoms with van der Waals surface area (Å²) < 4.78 is 26.6. The number of hydrogen-bond acceptors (Lipinski definition) is 5. The molecule has 0 aliphatic carbocycles. The molecule has 0 N–H and O–H groups in total. The van der Waals surface area contributed by atoms with E-state index in [4.69, 9.17) is 22.8 Å². The van der Waals surface area contributed by atoms with Gasteiger partial charge in [-0.05, 0) is 6.92 Å². The van der Waals surface area contributed by atoms with Gasteiger partial charge in [-0.1, -0.05) is 0 Å². The molecule has 0 saturated carbocycles. The highest BCUT2D eigenvalue weighted by Crippen LogP contribution is 2.22. The molecule has 6 heteroatoms. The van der Waals surface area contributed by atoms with Gasteiger partial charge in [0.2, 0.25) is 0 Å². The minimum absolute atomic E-state index is 0.130. The number of rotatable bonds is 7. The van der Waals surface area contributed by atoms with Crippen LogP contribution in [0.4, 0.5) is 0 Å². The van der Waals surface area contributed by atoms with Crippen molar-refractivity contribution >= 4 is 8.80 Å². The molecule has 0 aromatic carbocycles. The lowest BCUT2D eigenvalue weighted by Gasteiger charge is -2.38. The third-order valence-corrected chi connectivity index (χ3v) is 5.29. The summed E-state index contributed by atoms with van der Waals surface area (Å²) in [4.78, 5) is 0. The molecule has 0 amide bonds. The van der Waals surface area contributed by atoms with E-state index in [2.05, 4.69) is 0 Å². The van der Waals surface area contributed by atoms with Crippen LogP contribution in [0, 0.1) is 0 Å². The first kappa shape index (κ1) is 13.1. The van der Waals surface area contributed by atoms with Gasteiger partial charge in [0.05, 0.1) is 19.8 Å². The SMILES string of the molecule is CO[Si](CCOC1(C)COC1)(OC)OC. The molecule has 0 spiro atoms. The summed E-state index contributed by atoms with van der Waals surface area (Å²) in [6.07, 6.45) is 0. The summed E-state index contributed by atoms with van der Waals surface area (Å²) in [5.74, 6) is 0. The predicted octanol–water partition coefficient (Wildman–Crippen LogP) is 0.670. The monoisotopic (exact) mass is 236 g/mol. The summed E-state index contributed by atoms with van der Waals surface area (Å²) >= 11 is 0. The van der Waals surface area contributed by atoms with Gasteiger partial charge in [0.1, 0.15) is 5.60 Å². The zero-order valence-corrected chi connectivity index (χ0v) is 10.9. The second-order valence-corrected chi connectivity index (χ2v) is 6.93. The van der Waals surface area contributed by atoms with Crippen LogP contribution in [0.3, 0.4) is 0 Å². The van der Waals surface area contributed by atoms with E-state index in [-0.39, 0.29) is 5.60 Å². The molecule has 90 valence electrons. The van der Waals surface area contributed by atoms with Crippen molar-refractivity contribution in [2.45, 2.75) is 18.6 Å². The molecule has 0 atom stereocenters. The number of hydrogen-bond donors (Lipinski definition) is 0. The maximum absolute atomic E-state index is 5.70. The van der Waals surface area contributed by atoms with E-state index >= 15 is 0 Å². The first-order chi connectivity index (χ1) is 7.10. The molecule has 1 fully saturated rings. The van der Waals surface area contributed by atoms with Crippen LogP contribution in [-0.4, -0.2) is 55.6 Å². The average molecular weight is 236 g/mol. The molecule has 5 nitrogen and oxygen atoms in total. The van der Waals surface area contributed by atoms with E-state index in [1.54, 1.807) is 21.3 Å². The van der Waals surface area contributed by atoms with Gasteiger partial charge in [-0.3, -0.25) is 0 Å². The Bertz CT molecular complexity index is 183. The van der Waals surface area contributed by atoms with Crippen molar-refractivity contribution in [3.05, 3.63) is 0 Å². The minimum atomic E-state index is -2.47. The van der Waals surface area contributed by atoms with E-state index in [1.165, 1.54) is 0 Å². The normalized spacial score (nSPS) is 20.0. The lowest BCUT2D eigenvalue weighted by Crippen LogP contribution is -2.51. The van der Waals surface area contributed by atoms with Gasteiger partial charge in [-0.2, -0.15) is 0 Å². The highest BCUT2D eigenvalue weighted by atomic mass is 28.4. The van der Waals surface area contributed by atoms with Crippen molar-refractivity contribution in [3.8, 4) is 0 Å². The van der Waals surface area contributed by atoms with E-state index < -0.39 is 8.80 Å². The van der Waals surface area contributed by atoms with E-state index in [0.29, 0.717) is 25.9 Å². The molecule has 1 rings (SSSR count). The lowest BCUT2D eigenvalue weighted by atomic mass is 10.1. The van der Waals surface area contributed by atoms with Crippen LogP contribution in [0.1, 0.15) is 6.92 Å². The van der Waals surface area contributed by atoms with E-state index in [1.807, 2.05) is 6.92 Å². The zero-order valence-electron chi connectivity index (χ0n) is 9.87. The Kier molecular flexibility index (Phi) is 4.69. The van der Waals surface area contributed by atoms with Crippen LogP contribution in [0.15, 0.2) is 0 Å². The number of ether oxygens (including phenoxy) is 2. The second-order valence-electron chi connectivity index (χ2n) is 3.84. The van der Waals surface area contributed by atoms with Crippen molar-refractivity contribution in [1.82, 2.24) is 0 Å². The predicted molar refractivity (Wildman–Crippen MR) is 56.8 cm³/mol. The fourth-order valence-electron chi connectivity index (χ4n) is 1.45. The largest absolute Gasteiger partial charge is 0.502 e. The van der Waals surface area contributed by atoms with Crippen LogP contribution < -0.4 is 0 Å². The zero-order chi connectivity index (χ0) is 11.4. The van der Waals surface area contributed by atoms with Crippen molar-refractivity contribution in [2.75, 3.05) is 41.2 Å². The van der Waals surface area contributed by atoms with Crippen molar-refractivity contribution in [1.29, 1.82) is 0 Å². The second kappa shape index (κ2) is 5.38. The smallest absolute Gasteiger partial charge is 0.377 e. The summed E-state index contributed by atoms with van der Waals surface area (Å²) in [5.41, 5.74) is -0.130. The summed E-state index contributed by atoms with van der Waals surface area (Å²) in [5, 5.41) is 0. The van der Waals surface area contributed by atoms with Crippen LogP contribution in [0.5, 0.6) is 0 Å². The van der Waals surface area contributed by atoms with Gasteiger partial charge in [-0.25, -0.2) is 0 Å². The molecule has 0 aromatic heterocycles. The first-order valence-electron chi connectivity index (χ1n) is 4.97. The lowest BCUT2D eigenvalue weighted by molar-refractivity contribution is -0.197. The van der Waals surface area contributed by atoms with Gasteiger partial charge in [0.25, 0.3) is 0 Å². The molecule has 15 heavy (non-hydrogen) atoms. The topological polar surface area (TPSA) is 46.2 Å². The fraction of sp³-hybridized carbons (Fsp3) is 1.00. The molecular formula is C9H20O5Si. The third-order valence-electron chi connectivity index (χ3n) is 2.61. The highest BCUT2D eigenvalue weighted by molar-refractivity contribution is 6.60. The highest BCUT2D eigenvalue weighted by Gasteiger charge is 2.40. The summed E-state index contributed by atoms with van der Waals surface area (Å²) in [6, 6.07) is 0.659. The van der Waals surface area contributed by atoms with Gasteiger partial charge >= 0.3 is 8.80 Å². The Morgan fingerprint density at radius 1 is 1.13 bits per heavy atom. The van der Waals surface area contributed by atoms with E-state index in [9.17, 15) is 0 Å². The van der Waals surface area contributed by atoms with Crippen molar-refractivity contribution < 1.29 is 22.8 Å². The molecule has 0 unspecified atom stereocenters. The van der Waals surface area contributed by atoms with Crippen LogP contribution >= 0.6 is 0 Å². The van der Waals surface area contributed by atoms with Crippen molar-refractivity contribution in [2.24, 2.45) is 0 Å². The fourth-order valence-corrected chi connectivity index (χ4v) is 2.92. The molecular weight excluding hydrogens is 216 g/mol. The van der Waals surface area contributed by atoms with Crippen molar-refractivity contribution in [3.63, 3.8) is 0 Å². The van der Waals surface area contributed by atoms with Gasteiger partial charge in [-0.15, -0.1) is 0 Å². The van der Waals surface area contributed by atoms with Crippen LogP contribution in [-0.2, 0) is 22.8 Å². The molecule has 1 aliphatic rings. The Morgan fingerprint density at radius 2 is 1.67 bits per heavy atom. The summed E-state index contributed by atoms with van der Waals surface area (Å²) in [7, 11) is 2.34. The average Bonchev–Trinajstić information content (AvgIpc) is 2.23. The van der Waals surface area contributed by atoms with Crippen LogP contribution in [0.25, 0.3) is 0 Å². The Balaban J connectivity index is 2.27. The molecule has 0 radical (unpaired) electrons. The standard InChI is InChI=1S/C9H20O5Si/c1-9(7-13-8-9)14-5-6-15(10-2,11-3)12-4/h5-8H2,1-4H3. The first-order valence-corrected chi connectivity index (χ1v) is 6.90. The Hall–Kier alpha value is 0.0169. The van der Waals surface area contributed by atoms with Gasteiger partial charge in [0, 0.05) is 27.4 Å². The minimum Gasteiger partial charge on any atom is -0.377 e. The molecule has 1 saturated heterocycles. The quantitative estimate of drug-likeness (QED) is 0.608.